The Labute approximate surface area is 150 Å². The van der Waals surface area contributed by atoms with Crippen molar-refractivity contribution in [2.24, 2.45) is 0 Å². The summed E-state index contributed by atoms with van der Waals surface area (Å²) in [5, 5.41) is 0. The smallest absolute Gasteiger partial charge is 0.240 e. The molecule has 1 saturated heterocycles. The normalized spacial score (nSPS) is 27.8. The predicted octanol–water partition coefficient (Wildman–Crippen LogP) is 1.54. The lowest BCUT2D eigenvalue weighted by Crippen LogP contribution is -2.66. The molecule has 0 aromatic heterocycles. The lowest BCUT2D eigenvalue weighted by Gasteiger charge is -2.55. The Morgan fingerprint density at radius 1 is 1.32 bits per heavy atom. The maximum absolute atomic E-state index is 12.7. The van der Waals surface area contributed by atoms with E-state index in [-0.39, 0.29) is 11.6 Å². The number of benzene rings is 1. The van der Waals surface area contributed by atoms with Gasteiger partial charge in [0.2, 0.25) is 10.0 Å². The topological polar surface area (TPSA) is 67.9 Å². The van der Waals surface area contributed by atoms with E-state index in [1.54, 1.807) is 18.2 Å². The molecule has 2 aliphatic rings. The second-order valence-corrected chi connectivity index (χ2v) is 8.72. The molecule has 6 nitrogen and oxygen atoms in total. The summed E-state index contributed by atoms with van der Waals surface area (Å²) in [5.74, 6) is 0. The van der Waals surface area contributed by atoms with E-state index in [1.165, 1.54) is 0 Å². The van der Waals surface area contributed by atoms with E-state index < -0.39 is 10.0 Å². The second kappa shape index (κ2) is 7.72. The highest BCUT2D eigenvalue weighted by Gasteiger charge is 2.49. The van der Waals surface area contributed by atoms with Crippen molar-refractivity contribution >= 4 is 10.0 Å². The molecule has 1 aliphatic heterocycles. The van der Waals surface area contributed by atoms with Crippen LogP contribution in [0.1, 0.15) is 25.3 Å². The van der Waals surface area contributed by atoms with Crippen molar-refractivity contribution in [2.75, 3.05) is 39.5 Å². The van der Waals surface area contributed by atoms with Gasteiger partial charge in [-0.2, -0.15) is 0 Å². The summed E-state index contributed by atoms with van der Waals surface area (Å²) >= 11 is 0. The van der Waals surface area contributed by atoms with E-state index in [2.05, 4.69) is 9.62 Å². The molecule has 0 atom stereocenters. The molecule has 1 saturated carbocycles. The summed E-state index contributed by atoms with van der Waals surface area (Å²) in [7, 11) is -3.51. The SMILES string of the molecule is CCOC1CC(CNS(=O)(=O)c2cccc(C)c2)(N2CCOCC2)C1. The summed E-state index contributed by atoms with van der Waals surface area (Å²) in [4.78, 5) is 2.69. The van der Waals surface area contributed by atoms with Gasteiger partial charge in [0.15, 0.2) is 0 Å². The van der Waals surface area contributed by atoms with Crippen LogP contribution in [-0.2, 0) is 19.5 Å². The van der Waals surface area contributed by atoms with E-state index in [4.69, 9.17) is 9.47 Å². The highest BCUT2D eigenvalue weighted by Crippen LogP contribution is 2.40. The van der Waals surface area contributed by atoms with Crippen LogP contribution < -0.4 is 4.72 Å². The third-order valence-corrected chi connectivity index (χ3v) is 6.59. The largest absolute Gasteiger partial charge is 0.379 e. The lowest BCUT2D eigenvalue weighted by atomic mass is 9.72. The summed E-state index contributed by atoms with van der Waals surface area (Å²) in [6.07, 6.45) is 1.94. The van der Waals surface area contributed by atoms with Crippen LogP contribution in [0.3, 0.4) is 0 Å². The van der Waals surface area contributed by atoms with Crippen molar-refractivity contribution in [3.8, 4) is 0 Å². The van der Waals surface area contributed by atoms with E-state index in [9.17, 15) is 8.42 Å². The maximum atomic E-state index is 12.7. The zero-order valence-electron chi connectivity index (χ0n) is 15.0. The fraction of sp³-hybridized carbons (Fsp3) is 0.667. The van der Waals surface area contributed by atoms with Crippen LogP contribution in [0.4, 0.5) is 0 Å². The molecule has 0 bridgehead atoms. The molecular formula is C18H28N2O4S. The fourth-order valence-corrected chi connectivity index (χ4v) is 5.01. The molecule has 0 radical (unpaired) electrons. The van der Waals surface area contributed by atoms with Gasteiger partial charge in [-0.3, -0.25) is 4.90 Å². The van der Waals surface area contributed by atoms with Crippen LogP contribution in [0, 0.1) is 6.92 Å². The molecule has 1 aliphatic carbocycles. The minimum absolute atomic E-state index is 0.166. The predicted molar refractivity (Wildman–Crippen MR) is 96.1 cm³/mol. The highest BCUT2D eigenvalue weighted by molar-refractivity contribution is 7.89. The zero-order chi connectivity index (χ0) is 17.9. The second-order valence-electron chi connectivity index (χ2n) is 6.95. The van der Waals surface area contributed by atoms with Crippen LogP contribution in [0.15, 0.2) is 29.2 Å². The van der Waals surface area contributed by atoms with Crippen molar-refractivity contribution in [3.05, 3.63) is 29.8 Å². The third-order valence-electron chi connectivity index (χ3n) is 5.19. The minimum atomic E-state index is -3.51. The van der Waals surface area contributed by atoms with Gasteiger partial charge in [0.05, 0.1) is 24.2 Å². The Kier molecular flexibility index (Phi) is 5.80. The number of nitrogens with zero attached hydrogens (tertiary/aromatic N) is 1. The average Bonchev–Trinajstić information content (AvgIpc) is 2.58. The van der Waals surface area contributed by atoms with Gasteiger partial charge < -0.3 is 9.47 Å². The molecule has 0 spiro atoms. The average molecular weight is 368 g/mol. The first-order valence-corrected chi connectivity index (χ1v) is 10.4. The van der Waals surface area contributed by atoms with Gasteiger partial charge in [-0.1, -0.05) is 12.1 Å². The van der Waals surface area contributed by atoms with Crippen molar-refractivity contribution in [1.82, 2.24) is 9.62 Å². The maximum Gasteiger partial charge on any atom is 0.240 e. The molecule has 0 amide bonds. The molecule has 1 heterocycles. The van der Waals surface area contributed by atoms with Crippen LogP contribution in [0.25, 0.3) is 0 Å². The Morgan fingerprint density at radius 3 is 2.68 bits per heavy atom. The van der Waals surface area contributed by atoms with Crippen molar-refractivity contribution in [2.45, 2.75) is 43.2 Å². The molecule has 7 heteroatoms. The molecule has 25 heavy (non-hydrogen) atoms. The number of hydrogen-bond donors (Lipinski definition) is 1. The van der Waals surface area contributed by atoms with Gasteiger partial charge in [0, 0.05) is 31.8 Å². The van der Waals surface area contributed by atoms with Gasteiger partial charge in [-0.15, -0.1) is 0 Å². The van der Waals surface area contributed by atoms with E-state index in [0.717, 1.165) is 31.5 Å². The van der Waals surface area contributed by atoms with Gasteiger partial charge >= 0.3 is 0 Å². The molecular weight excluding hydrogens is 340 g/mol. The molecule has 2 fully saturated rings. The number of sulfonamides is 1. The molecule has 1 aromatic rings. The minimum Gasteiger partial charge on any atom is -0.379 e. The summed E-state index contributed by atoms with van der Waals surface area (Å²) in [6.45, 7) is 8.07. The summed E-state index contributed by atoms with van der Waals surface area (Å²) < 4.78 is 39.4. The monoisotopic (exact) mass is 368 g/mol. The first kappa shape index (κ1) is 18.8. The summed E-state index contributed by atoms with van der Waals surface area (Å²) in [5.41, 5.74) is 0.770. The Balaban J connectivity index is 1.70. The fourth-order valence-electron chi connectivity index (χ4n) is 3.79. The van der Waals surface area contributed by atoms with Gasteiger partial charge in [0.25, 0.3) is 0 Å². The Hall–Kier alpha value is -0.990. The third kappa shape index (κ3) is 4.23. The number of aryl methyl sites for hydroxylation is 1. The van der Waals surface area contributed by atoms with Crippen LogP contribution in [-0.4, -0.2) is 64.4 Å². The van der Waals surface area contributed by atoms with Crippen LogP contribution in [0.2, 0.25) is 0 Å². The number of nitrogens with one attached hydrogen (secondary N) is 1. The quantitative estimate of drug-likeness (QED) is 0.791. The van der Waals surface area contributed by atoms with E-state index >= 15 is 0 Å². The molecule has 140 valence electrons. The van der Waals surface area contributed by atoms with Gasteiger partial charge in [0.1, 0.15) is 0 Å². The Morgan fingerprint density at radius 2 is 2.04 bits per heavy atom. The van der Waals surface area contributed by atoms with Crippen molar-refractivity contribution < 1.29 is 17.9 Å². The van der Waals surface area contributed by atoms with Gasteiger partial charge in [-0.05, 0) is 44.4 Å². The number of morpholine rings is 1. The van der Waals surface area contributed by atoms with E-state index in [0.29, 0.717) is 31.3 Å². The molecule has 1 aromatic carbocycles. The molecule has 0 unspecified atom stereocenters. The highest BCUT2D eigenvalue weighted by atomic mass is 32.2. The van der Waals surface area contributed by atoms with E-state index in [1.807, 2.05) is 19.9 Å². The lowest BCUT2D eigenvalue weighted by molar-refractivity contribution is -0.124. The zero-order valence-corrected chi connectivity index (χ0v) is 15.8. The molecule has 1 N–H and O–H groups in total. The number of hydrogen-bond acceptors (Lipinski definition) is 5. The Bertz CT molecular complexity index is 680. The number of ether oxygens (including phenoxy) is 2. The van der Waals surface area contributed by atoms with Crippen molar-refractivity contribution in [3.63, 3.8) is 0 Å². The van der Waals surface area contributed by atoms with Crippen LogP contribution in [0.5, 0.6) is 0 Å². The van der Waals surface area contributed by atoms with Crippen LogP contribution >= 0.6 is 0 Å². The number of rotatable bonds is 7. The van der Waals surface area contributed by atoms with Crippen molar-refractivity contribution in [1.29, 1.82) is 0 Å². The first-order chi connectivity index (χ1) is 12.0. The first-order valence-electron chi connectivity index (χ1n) is 8.96. The molecule has 3 rings (SSSR count). The standard InChI is InChI=1S/C18H28N2O4S/c1-3-24-16-12-18(13-16,20-7-9-23-10-8-20)14-19-25(21,22)17-6-4-5-15(2)11-17/h4-6,11,16,19H,3,7-10,12-14H2,1-2H3. The summed E-state index contributed by atoms with van der Waals surface area (Å²) in [6, 6.07) is 7.01. The van der Waals surface area contributed by atoms with Gasteiger partial charge in [-0.25, -0.2) is 13.1 Å².